The molecule has 0 aromatic heterocycles. The molecule has 0 saturated heterocycles. The molecule has 0 saturated carbocycles. The first-order chi connectivity index (χ1) is 7.49. The SMILES string of the molecule is CC(COC(C)(C)C)OCC(C)O[Si](C)(C)C. The van der Waals surface area contributed by atoms with Crippen LogP contribution in [0.2, 0.25) is 19.6 Å². The molecule has 0 aliphatic rings. The van der Waals surface area contributed by atoms with Crippen molar-refractivity contribution < 1.29 is 13.9 Å². The van der Waals surface area contributed by atoms with E-state index in [1.165, 1.54) is 0 Å². The molecule has 0 heterocycles. The molecule has 0 bridgehead atoms. The average molecular weight is 262 g/mol. The fourth-order valence-electron chi connectivity index (χ4n) is 1.35. The lowest BCUT2D eigenvalue weighted by Gasteiger charge is -2.26. The third-order valence-corrected chi connectivity index (χ3v) is 3.03. The number of hydrogen-bond acceptors (Lipinski definition) is 3. The van der Waals surface area contributed by atoms with E-state index < -0.39 is 8.32 Å². The second-order valence-corrected chi connectivity index (χ2v) is 11.1. The molecule has 2 unspecified atom stereocenters. The zero-order chi connectivity index (χ0) is 13.7. The van der Waals surface area contributed by atoms with Crippen LogP contribution >= 0.6 is 0 Å². The van der Waals surface area contributed by atoms with Crippen LogP contribution < -0.4 is 0 Å². The summed E-state index contributed by atoms with van der Waals surface area (Å²) in [5.74, 6) is 0. The standard InChI is InChI=1S/C13H30O3Si/c1-11(10-15-13(3,4)5)14-9-12(2)16-17(6,7)8/h11-12H,9-10H2,1-8H3. The van der Waals surface area contributed by atoms with Gasteiger partial charge in [-0.1, -0.05) is 0 Å². The summed E-state index contributed by atoms with van der Waals surface area (Å²) >= 11 is 0. The fourth-order valence-corrected chi connectivity index (χ4v) is 2.63. The summed E-state index contributed by atoms with van der Waals surface area (Å²) < 4.78 is 17.3. The highest BCUT2D eigenvalue weighted by Crippen LogP contribution is 2.10. The van der Waals surface area contributed by atoms with Crippen molar-refractivity contribution in [2.45, 2.75) is 72.1 Å². The summed E-state index contributed by atoms with van der Waals surface area (Å²) in [6, 6.07) is 0. The number of rotatable bonds is 7. The molecule has 17 heavy (non-hydrogen) atoms. The Morgan fingerprint density at radius 1 is 0.941 bits per heavy atom. The lowest BCUT2D eigenvalue weighted by atomic mass is 10.2. The number of hydrogen-bond donors (Lipinski definition) is 0. The molecule has 0 aliphatic heterocycles. The predicted molar refractivity (Wildman–Crippen MR) is 75.0 cm³/mol. The van der Waals surface area contributed by atoms with Crippen LogP contribution in [0.5, 0.6) is 0 Å². The summed E-state index contributed by atoms with van der Waals surface area (Å²) in [6.07, 6.45) is 0.278. The minimum Gasteiger partial charge on any atom is -0.413 e. The molecular weight excluding hydrogens is 232 g/mol. The third-order valence-electron chi connectivity index (χ3n) is 1.92. The summed E-state index contributed by atoms with van der Waals surface area (Å²) in [5.41, 5.74) is -0.0991. The van der Waals surface area contributed by atoms with Gasteiger partial charge in [0, 0.05) is 0 Å². The van der Waals surface area contributed by atoms with Gasteiger partial charge in [0.05, 0.1) is 31.0 Å². The normalized spacial score (nSPS) is 16.9. The van der Waals surface area contributed by atoms with Crippen LogP contribution in [0.25, 0.3) is 0 Å². The van der Waals surface area contributed by atoms with E-state index in [0.717, 1.165) is 0 Å². The quantitative estimate of drug-likeness (QED) is 0.658. The van der Waals surface area contributed by atoms with Crippen molar-refractivity contribution in [3.05, 3.63) is 0 Å². The summed E-state index contributed by atoms with van der Waals surface area (Å²) in [5, 5.41) is 0. The van der Waals surface area contributed by atoms with E-state index in [1.54, 1.807) is 0 Å². The molecule has 0 aromatic carbocycles. The van der Waals surface area contributed by atoms with Gasteiger partial charge in [-0.05, 0) is 54.3 Å². The Labute approximate surface area is 108 Å². The summed E-state index contributed by atoms with van der Waals surface area (Å²) in [6.45, 7) is 18.1. The smallest absolute Gasteiger partial charge is 0.184 e. The average Bonchev–Trinajstić information content (AvgIpc) is 2.07. The Kier molecular flexibility index (Phi) is 6.92. The minimum atomic E-state index is -1.45. The first kappa shape index (κ1) is 17.1. The van der Waals surface area contributed by atoms with Gasteiger partial charge in [0.25, 0.3) is 0 Å². The van der Waals surface area contributed by atoms with Crippen LogP contribution in [-0.2, 0) is 13.9 Å². The lowest BCUT2D eigenvalue weighted by Crippen LogP contribution is -2.34. The largest absolute Gasteiger partial charge is 0.413 e. The molecule has 0 fully saturated rings. The van der Waals surface area contributed by atoms with Crippen LogP contribution in [0.3, 0.4) is 0 Å². The molecule has 0 spiro atoms. The first-order valence-corrected chi connectivity index (χ1v) is 9.84. The molecule has 0 rings (SSSR count). The Balaban J connectivity index is 3.73. The van der Waals surface area contributed by atoms with E-state index in [0.29, 0.717) is 13.2 Å². The second kappa shape index (κ2) is 6.88. The molecule has 0 radical (unpaired) electrons. The molecular formula is C13H30O3Si. The Bertz CT molecular complexity index is 206. The molecule has 4 heteroatoms. The van der Waals surface area contributed by atoms with Crippen molar-refractivity contribution >= 4 is 8.32 Å². The van der Waals surface area contributed by atoms with Gasteiger partial charge in [0.1, 0.15) is 0 Å². The van der Waals surface area contributed by atoms with Crippen LogP contribution in [0.1, 0.15) is 34.6 Å². The van der Waals surface area contributed by atoms with Gasteiger partial charge < -0.3 is 13.9 Å². The van der Waals surface area contributed by atoms with Gasteiger partial charge in [-0.2, -0.15) is 0 Å². The topological polar surface area (TPSA) is 27.7 Å². The number of ether oxygens (including phenoxy) is 2. The minimum absolute atomic E-state index is 0.0991. The van der Waals surface area contributed by atoms with Gasteiger partial charge in [-0.15, -0.1) is 0 Å². The Morgan fingerprint density at radius 2 is 1.47 bits per heavy atom. The first-order valence-electron chi connectivity index (χ1n) is 6.43. The van der Waals surface area contributed by atoms with E-state index in [1.807, 2.05) is 6.92 Å². The molecule has 0 amide bonds. The van der Waals surface area contributed by atoms with Gasteiger partial charge >= 0.3 is 0 Å². The van der Waals surface area contributed by atoms with Gasteiger partial charge in [0.15, 0.2) is 8.32 Å². The molecule has 0 N–H and O–H groups in total. The van der Waals surface area contributed by atoms with E-state index >= 15 is 0 Å². The monoisotopic (exact) mass is 262 g/mol. The van der Waals surface area contributed by atoms with Crippen molar-refractivity contribution in [1.82, 2.24) is 0 Å². The Morgan fingerprint density at radius 3 is 1.88 bits per heavy atom. The van der Waals surface area contributed by atoms with Crippen LogP contribution in [0, 0.1) is 0 Å². The highest BCUT2D eigenvalue weighted by Gasteiger charge is 2.19. The lowest BCUT2D eigenvalue weighted by molar-refractivity contribution is -0.0773. The second-order valence-electron chi connectivity index (χ2n) is 6.61. The van der Waals surface area contributed by atoms with E-state index in [4.69, 9.17) is 13.9 Å². The van der Waals surface area contributed by atoms with E-state index in [9.17, 15) is 0 Å². The summed E-state index contributed by atoms with van der Waals surface area (Å²) in [4.78, 5) is 0. The molecule has 0 aromatic rings. The van der Waals surface area contributed by atoms with Crippen molar-refractivity contribution in [3.63, 3.8) is 0 Å². The van der Waals surface area contributed by atoms with E-state index in [2.05, 4.69) is 47.3 Å². The molecule has 0 aliphatic carbocycles. The maximum absolute atomic E-state index is 5.91. The van der Waals surface area contributed by atoms with Crippen molar-refractivity contribution in [3.8, 4) is 0 Å². The van der Waals surface area contributed by atoms with Gasteiger partial charge in [0.2, 0.25) is 0 Å². The third kappa shape index (κ3) is 12.3. The van der Waals surface area contributed by atoms with Gasteiger partial charge in [-0.3, -0.25) is 0 Å². The zero-order valence-electron chi connectivity index (χ0n) is 12.8. The highest BCUT2D eigenvalue weighted by molar-refractivity contribution is 6.69. The summed E-state index contributed by atoms with van der Waals surface area (Å²) in [7, 11) is -1.45. The molecule has 2 atom stereocenters. The van der Waals surface area contributed by atoms with Crippen LogP contribution in [0.15, 0.2) is 0 Å². The van der Waals surface area contributed by atoms with Crippen molar-refractivity contribution in [1.29, 1.82) is 0 Å². The van der Waals surface area contributed by atoms with Crippen molar-refractivity contribution in [2.75, 3.05) is 13.2 Å². The highest BCUT2D eigenvalue weighted by atomic mass is 28.4. The molecule has 3 nitrogen and oxygen atoms in total. The van der Waals surface area contributed by atoms with Gasteiger partial charge in [-0.25, -0.2) is 0 Å². The molecule has 104 valence electrons. The maximum Gasteiger partial charge on any atom is 0.184 e. The fraction of sp³-hybridized carbons (Fsp3) is 1.00. The van der Waals surface area contributed by atoms with E-state index in [-0.39, 0.29) is 17.8 Å². The van der Waals surface area contributed by atoms with Crippen LogP contribution in [-0.4, -0.2) is 39.3 Å². The maximum atomic E-state index is 5.91. The predicted octanol–water partition coefficient (Wildman–Crippen LogP) is 3.45. The van der Waals surface area contributed by atoms with Crippen molar-refractivity contribution in [2.24, 2.45) is 0 Å². The van der Waals surface area contributed by atoms with Crippen LogP contribution in [0.4, 0.5) is 0 Å². The zero-order valence-corrected chi connectivity index (χ0v) is 13.8. The Hall–Kier alpha value is 0.0969.